The van der Waals surface area contributed by atoms with Crippen LogP contribution in [0.4, 0.5) is 5.69 Å². The second kappa shape index (κ2) is 5.27. The summed E-state index contributed by atoms with van der Waals surface area (Å²) >= 11 is 5.81. The molecule has 88 valence electrons. The molecule has 0 radical (unpaired) electrons. The standard InChI is InChI=1S/C11H14ClNO3/c1-3-11(14)7(2)9-6-8(12)4-5-10(9)13(15)16/h4-7,11,14H,3H2,1-2H3. The molecule has 0 amide bonds. The van der Waals surface area contributed by atoms with Crippen LogP contribution in [0.1, 0.15) is 31.7 Å². The predicted molar refractivity (Wildman–Crippen MR) is 62.8 cm³/mol. The molecule has 0 aliphatic rings. The van der Waals surface area contributed by atoms with Gasteiger partial charge < -0.3 is 5.11 Å². The predicted octanol–water partition coefficient (Wildman–Crippen LogP) is 3.12. The maximum atomic E-state index is 10.8. The van der Waals surface area contributed by atoms with Crippen molar-refractivity contribution in [2.24, 2.45) is 0 Å². The Morgan fingerprint density at radius 2 is 2.19 bits per heavy atom. The number of nitrogens with zero attached hydrogens (tertiary/aromatic N) is 1. The average molecular weight is 244 g/mol. The summed E-state index contributed by atoms with van der Waals surface area (Å²) in [5.74, 6) is -0.302. The van der Waals surface area contributed by atoms with Crippen LogP contribution in [0.5, 0.6) is 0 Å². The SMILES string of the molecule is CCC(O)C(C)c1cc(Cl)ccc1[N+](=O)[O-]. The molecule has 16 heavy (non-hydrogen) atoms. The Labute approximate surface area is 99.0 Å². The van der Waals surface area contributed by atoms with E-state index in [9.17, 15) is 15.2 Å². The first-order chi connectivity index (χ1) is 7.47. The molecular weight excluding hydrogens is 230 g/mol. The number of nitro groups is 1. The number of hydrogen-bond donors (Lipinski definition) is 1. The molecule has 1 aromatic rings. The summed E-state index contributed by atoms with van der Waals surface area (Å²) in [6, 6.07) is 4.40. The minimum Gasteiger partial charge on any atom is -0.393 e. The lowest BCUT2D eigenvalue weighted by Gasteiger charge is -2.17. The van der Waals surface area contributed by atoms with Crippen LogP contribution >= 0.6 is 11.6 Å². The average Bonchev–Trinajstić information content (AvgIpc) is 2.26. The number of hydrogen-bond acceptors (Lipinski definition) is 3. The van der Waals surface area contributed by atoms with Gasteiger partial charge in [-0.15, -0.1) is 0 Å². The maximum absolute atomic E-state index is 10.8. The van der Waals surface area contributed by atoms with Crippen LogP contribution in [0, 0.1) is 10.1 Å². The molecule has 0 saturated heterocycles. The lowest BCUT2D eigenvalue weighted by molar-refractivity contribution is -0.385. The van der Waals surface area contributed by atoms with Crippen molar-refractivity contribution in [1.82, 2.24) is 0 Å². The number of benzene rings is 1. The Morgan fingerprint density at radius 3 is 2.69 bits per heavy atom. The Morgan fingerprint density at radius 1 is 1.56 bits per heavy atom. The summed E-state index contributed by atoms with van der Waals surface area (Å²) in [4.78, 5) is 10.4. The lowest BCUT2D eigenvalue weighted by atomic mass is 9.92. The minimum atomic E-state index is -0.600. The van der Waals surface area contributed by atoms with E-state index >= 15 is 0 Å². The van der Waals surface area contributed by atoms with Crippen molar-refractivity contribution in [3.8, 4) is 0 Å². The molecule has 1 N–H and O–H groups in total. The Kier molecular flexibility index (Phi) is 4.26. The van der Waals surface area contributed by atoms with E-state index in [4.69, 9.17) is 11.6 Å². The molecule has 0 saturated carbocycles. The van der Waals surface area contributed by atoms with Crippen LogP contribution in [-0.4, -0.2) is 16.1 Å². The van der Waals surface area contributed by atoms with Gasteiger partial charge in [0.1, 0.15) is 0 Å². The highest BCUT2D eigenvalue weighted by molar-refractivity contribution is 6.30. The van der Waals surface area contributed by atoms with Gasteiger partial charge >= 0.3 is 0 Å². The first-order valence-corrected chi connectivity index (χ1v) is 5.47. The third-order valence-electron chi connectivity index (χ3n) is 2.67. The molecule has 0 heterocycles. The van der Waals surface area contributed by atoms with Crippen molar-refractivity contribution in [3.63, 3.8) is 0 Å². The molecule has 0 aliphatic heterocycles. The summed E-state index contributed by atoms with van der Waals surface area (Å²) in [5, 5.41) is 21.0. The van der Waals surface area contributed by atoms with Crippen molar-refractivity contribution in [3.05, 3.63) is 38.9 Å². The van der Waals surface area contributed by atoms with E-state index in [-0.39, 0.29) is 11.6 Å². The first kappa shape index (κ1) is 12.9. The van der Waals surface area contributed by atoms with Crippen molar-refractivity contribution in [1.29, 1.82) is 0 Å². The van der Waals surface area contributed by atoms with E-state index < -0.39 is 11.0 Å². The second-order valence-electron chi connectivity index (χ2n) is 3.72. The van der Waals surface area contributed by atoms with E-state index in [0.717, 1.165) is 0 Å². The quantitative estimate of drug-likeness (QED) is 0.653. The Bertz CT molecular complexity index is 395. The molecular formula is C11H14ClNO3. The fraction of sp³-hybridized carbons (Fsp3) is 0.455. The van der Waals surface area contributed by atoms with Gasteiger partial charge in [0.2, 0.25) is 0 Å². The van der Waals surface area contributed by atoms with E-state index in [0.29, 0.717) is 17.0 Å². The monoisotopic (exact) mass is 243 g/mol. The highest BCUT2D eigenvalue weighted by atomic mass is 35.5. The van der Waals surface area contributed by atoms with E-state index in [1.165, 1.54) is 12.1 Å². The normalized spacial score (nSPS) is 14.5. The molecule has 1 rings (SSSR count). The minimum absolute atomic E-state index is 0.00407. The van der Waals surface area contributed by atoms with Gasteiger partial charge in [-0.05, 0) is 18.6 Å². The molecule has 0 spiro atoms. The number of nitro benzene ring substituents is 1. The molecule has 0 bridgehead atoms. The van der Waals surface area contributed by atoms with Crippen LogP contribution in [-0.2, 0) is 0 Å². The first-order valence-electron chi connectivity index (χ1n) is 5.09. The van der Waals surface area contributed by atoms with Gasteiger partial charge in [0.25, 0.3) is 5.69 Å². The maximum Gasteiger partial charge on any atom is 0.273 e. The van der Waals surface area contributed by atoms with Gasteiger partial charge in [0.05, 0.1) is 11.0 Å². The highest BCUT2D eigenvalue weighted by Crippen LogP contribution is 2.31. The number of rotatable bonds is 4. The fourth-order valence-corrected chi connectivity index (χ4v) is 1.80. The van der Waals surface area contributed by atoms with E-state index in [1.54, 1.807) is 13.0 Å². The topological polar surface area (TPSA) is 63.4 Å². The highest BCUT2D eigenvalue weighted by Gasteiger charge is 2.23. The number of halogens is 1. The summed E-state index contributed by atoms with van der Waals surface area (Å²) in [7, 11) is 0. The van der Waals surface area contributed by atoms with Crippen molar-refractivity contribution in [2.75, 3.05) is 0 Å². The van der Waals surface area contributed by atoms with Gasteiger partial charge in [0, 0.05) is 22.6 Å². The van der Waals surface area contributed by atoms with Gasteiger partial charge in [0.15, 0.2) is 0 Å². The number of aliphatic hydroxyl groups excluding tert-OH is 1. The van der Waals surface area contributed by atoms with Crippen molar-refractivity contribution < 1.29 is 10.0 Å². The Balaban J connectivity index is 3.19. The van der Waals surface area contributed by atoms with Gasteiger partial charge in [-0.25, -0.2) is 0 Å². The van der Waals surface area contributed by atoms with E-state index in [2.05, 4.69) is 0 Å². The third-order valence-corrected chi connectivity index (χ3v) is 2.91. The van der Waals surface area contributed by atoms with Crippen LogP contribution < -0.4 is 0 Å². The molecule has 0 fully saturated rings. The molecule has 4 nitrogen and oxygen atoms in total. The molecule has 0 aliphatic carbocycles. The molecule has 5 heteroatoms. The van der Waals surface area contributed by atoms with E-state index in [1.807, 2.05) is 6.92 Å². The lowest BCUT2D eigenvalue weighted by Crippen LogP contribution is -2.15. The number of aliphatic hydroxyl groups is 1. The second-order valence-corrected chi connectivity index (χ2v) is 4.16. The van der Waals surface area contributed by atoms with Crippen molar-refractivity contribution >= 4 is 17.3 Å². The summed E-state index contributed by atoms with van der Waals surface area (Å²) in [5.41, 5.74) is 0.483. The van der Waals surface area contributed by atoms with Crippen molar-refractivity contribution in [2.45, 2.75) is 32.3 Å². The summed E-state index contributed by atoms with van der Waals surface area (Å²) in [6.45, 7) is 3.59. The van der Waals surface area contributed by atoms with Crippen LogP contribution in [0.3, 0.4) is 0 Å². The summed E-state index contributed by atoms with van der Waals surface area (Å²) < 4.78 is 0. The molecule has 2 unspecified atom stereocenters. The molecule has 1 aromatic carbocycles. The van der Waals surface area contributed by atoms with Crippen LogP contribution in [0.15, 0.2) is 18.2 Å². The van der Waals surface area contributed by atoms with Gasteiger partial charge in [-0.1, -0.05) is 25.4 Å². The van der Waals surface area contributed by atoms with Gasteiger partial charge in [-0.3, -0.25) is 10.1 Å². The summed E-state index contributed by atoms with van der Waals surface area (Å²) in [6.07, 6.45) is -0.0534. The zero-order valence-electron chi connectivity index (χ0n) is 9.18. The molecule has 2 atom stereocenters. The van der Waals surface area contributed by atoms with Crippen LogP contribution in [0.25, 0.3) is 0 Å². The van der Waals surface area contributed by atoms with Crippen LogP contribution in [0.2, 0.25) is 5.02 Å². The zero-order valence-corrected chi connectivity index (χ0v) is 9.94. The Hall–Kier alpha value is -1.13. The zero-order chi connectivity index (χ0) is 12.3. The largest absolute Gasteiger partial charge is 0.393 e. The fourth-order valence-electron chi connectivity index (χ4n) is 1.62. The smallest absolute Gasteiger partial charge is 0.273 e. The molecule has 0 aromatic heterocycles. The third kappa shape index (κ3) is 2.71. The van der Waals surface area contributed by atoms with Gasteiger partial charge in [-0.2, -0.15) is 0 Å².